The molecule has 0 saturated carbocycles. The molecular formula is C15H10ClNO2. The van der Waals surface area contributed by atoms with Gasteiger partial charge in [-0.25, -0.2) is 4.79 Å². The van der Waals surface area contributed by atoms with E-state index in [-0.39, 0.29) is 5.88 Å². The minimum atomic E-state index is -0.455. The second-order valence-corrected chi connectivity index (χ2v) is 4.44. The minimum absolute atomic E-state index is 0.155. The lowest BCUT2D eigenvalue weighted by molar-refractivity contribution is -0.136. The van der Waals surface area contributed by atoms with Gasteiger partial charge in [-0.2, -0.15) is 0 Å². The van der Waals surface area contributed by atoms with E-state index in [0.717, 1.165) is 16.3 Å². The summed E-state index contributed by atoms with van der Waals surface area (Å²) in [7, 11) is 0. The monoisotopic (exact) mass is 271 g/mol. The predicted molar refractivity (Wildman–Crippen MR) is 76.2 cm³/mol. The van der Waals surface area contributed by atoms with Gasteiger partial charge in [0.25, 0.3) is 0 Å². The van der Waals surface area contributed by atoms with Crippen molar-refractivity contribution in [3.63, 3.8) is 0 Å². The Morgan fingerprint density at radius 3 is 2.79 bits per heavy atom. The molecule has 0 bridgehead atoms. The Morgan fingerprint density at radius 1 is 1.16 bits per heavy atom. The number of rotatable bonds is 2. The Labute approximate surface area is 115 Å². The molecule has 0 saturated heterocycles. The van der Waals surface area contributed by atoms with Gasteiger partial charge in [0.05, 0.1) is 11.5 Å². The van der Waals surface area contributed by atoms with Gasteiger partial charge >= 0.3 is 5.97 Å². The molecule has 3 rings (SSSR count). The van der Waals surface area contributed by atoms with Crippen LogP contribution in [0.1, 0.15) is 5.56 Å². The van der Waals surface area contributed by atoms with Crippen molar-refractivity contribution in [1.29, 1.82) is 0 Å². The first-order chi connectivity index (χ1) is 9.29. The maximum atomic E-state index is 11.6. The number of hydrogen-bond donors (Lipinski definition) is 0. The van der Waals surface area contributed by atoms with Crippen molar-refractivity contribution in [2.45, 2.75) is 0 Å². The molecule has 2 aromatic carbocycles. The smallest absolute Gasteiger partial charge is 0.312 e. The molecule has 0 unspecified atom stereocenters. The number of oxime groups is 1. The molecule has 3 nitrogen and oxygen atoms in total. The number of halogens is 1. The summed E-state index contributed by atoms with van der Waals surface area (Å²) in [4.78, 5) is 16.3. The third-order valence-electron chi connectivity index (χ3n) is 3.02. The van der Waals surface area contributed by atoms with E-state index in [9.17, 15) is 4.79 Å². The van der Waals surface area contributed by atoms with E-state index in [0.29, 0.717) is 11.3 Å². The molecule has 19 heavy (non-hydrogen) atoms. The highest BCUT2D eigenvalue weighted by molar-refractivity contribution is 6.38. The molecule has 0 amide bonds. The van der Waals surface area contributed by atoms with E-state index >= 15 is 0 Å². The maximum Gasteiger partial charge on any atom is 0.367 e. The highest BCUT2D eigenvalue weighted by atomic mass is 35.5. The fourth-order valence-electron chi connectivity index (χ4n) is 2.08. The summed E-state index contributed by atoms with van der Waals surface area (Å²) >= 11 is 5.75. The summed E-state index contributed by atoms with van der Waals surface area (Å²) in [5.74, 6) is -0.300. The van der Waals surface area contributed by atoms with E-state index in [1.54, 1.807) is 6.08 Å². The van der Waals surface area contributed by atoms with Gasteiger partial charge in [0.1, 0.15) is 5.71 Å². The number of carbonyl (C=O) groups excluding carboxylic acids is 1. The van der Waals surface area contributed by atoms with Gasteiger partial charge in [-0.05, 0) is 22.4 Å². The summed E-state index contributed by atoms with van der Waals surface area (Å²) in [6.45, 7) is 0. The summed E-state index contributed by atoms with van der Waals surface area (Å²) < 4.78 is 0. The van der Waals surface area contributed by atoms with Crippen LogP contribution in [-0.2, 0) is 9.63 Å². The zero-order valence-corrected chi connectivity index (χ0v) is 10.7. The molecule has 1 aliphatic rings. The molecule has 4 heteroatoms. The van der Waals surface area contributed by atoms with Crippen molar-refractivity contribution in [2.24, 2.45) is 5.16 Å². The zero-order valence-electron chi connectivity index (χ0n) is 9.97. The topological polar surface area (TPSA) is 38.7 Å². The van der Waals surface area contributed by atoms with Crippen LogP contribution < -0.4 is 0 Å². The lowest BCUT2D eigenvalue weighted by Gasteiger charge is -2.02. The Balaban J connectivity index is 2.15. The van der Waals surface area contributed by atoms with Crippen molar-refractivity contribution in [1.82, 2.24) is 0 Å². The van der Waals surface area contributed by atoms with Crippen LogP contribution in [0, 0.1) is 0 Å². The van der Waals surface area contributed by atoms with Crippen molar-refractivity contribution < 1.29 is 9.63 Å². The summed E-state index contributed by atoms with van der Waals surface area (Å²) in [5.41, 5.74) is 1.84. The number of fused-ring (bicyclic) bond motifs is 1. The number of benzene rings is 2. The van der Waals surface area contributed by atoms with Crippen molar-refractivity contribution in [3.05, 3.63) is 53.6 Å². The minimum Gasteiger partial charge on any atom is -0.312 e. The Hall–Kier alpha value is -2.13. The molecule has 0 atom stereocenters. The first-order valence-electron chi connectivity index (χ1n) is 5.83. The summed E-state index contributed by atoms with van der Waals surface area (Å²) in [6.07, 6.45) is 1.78. The Morgan fingerprint density at radius 2 is 1.95 bits per heavy atom. The number of carbonyl (C=O) groups is 1. The molecule has 0 aromatic heterocycles. The fraction of sp³-hybridized carbons (Fsp3) is 0.0667. The average molecular weight is 272 g/mol. The van der Waals surface area contributed by atoms with Gasteiger partial charge < -0.3 is 4.84 Å². The maximum absolute atomic E-state index is 11.6. The van der Waals surface area contributed by atoms with Crippen LogP contribution in [-0.4, -0.2) is 17.6 Å². The molecule has 1 heterocycles. The molecule has 0 fully saturated rings. The van der Waals surface area contributed by atoms with Gasteiger partial charge in [0, 0.05) is 0 Å². The number of hydrogen-bond acceptors (Lipinski definition) is 3. The first kappa shape index (κ1) is 11.9. The predicted octanol–water partition coefficient (Wildman–Crippen LogP) is 3.37. The lowest BCUT2D eigenvalue weighted by Crippen LogP contribution is -2.06. The molecule has 0 N–H and O–H groups in total. The van der Waals surface area contributed by atoms with Gasteiger partial charge in [0.15, 0.2) is 0 Å². The van der Waals surface area contributed by atoms with Crippen LogP contribution >= 0.6 is 11.6 Å². The van der Waals surface area contributed by atoms with Crippen LogP contribution in [0.25, 0.3) is 16.8 Å². The molecule has 1 aliphatic heterocycles. The summed E-state index contributed by atoms with van der Waals surface area (Å²) in [5, 5.41) is 5.85. The highest BCUT2D eigenvalue weighted by Gasteiger charge is 2.24. The van der Waals surface area contributed by atoms with Crippen LogP contribution in [0.3, 0.4) is 0 Å². The lowest BCUT2D eigenvalue weighted by atomic mass is 10.0. The zero-order chi connectivity index (χ0) is 13.2. The van der Waals surface area contributed by atoms with Crippen molar-refractivity contribution in [3.8, 4) is 0 Å². The van der Waals surface area contributed by atoms with Crippen LogP contribution in [0.4, 0.5) is 0 Å². The second kappa shape index (κ2) is 4.86. The Bertz CT molecular complexity index is 714. The Kier molecular flexibility index (Phi) is 3.05. The van der Waals surface area contributed by atoms with Crippen molar-refractivity contribution in [2.75, 3.05) is 5.88 Å². The quantitative estimate of drug-likeness (QED) is 0.477. The van der Waals surface area contributed by atoms with E-state index in [1.807, 2.05) is 42.5 Å². The first-order valence-corrected chi connectivity index (χ1v) is 6.37. The molecular weight excluding hydrogens is 262 g/mol. The molecule has 0 spiro atoms. The number of alkyl halides is 1. The van der Waals surface area contributed by atoms with E-state index < -0.39 is 5.97 Å². The van der Waals surface area contributed by atoms with Crippen molar-refractivity contribution >= 4 is 40.1 Å². The van der Waals surface area contributed by atoms with Gasteiger partial charge in [-0.1, -0.05) is 47.6 Å². The highest BCUT2D eigenvalue weighted by Crippen LogP contribution is 2.23. The van der Waals surface area contributed by atoms with Gasteiger partial charge in [-0.3, -0.25) is 0 Å². The summed E-state index contributed by atoms with van der Waals surface area (Å²) in [6, 6.07) is 13.9. The third-order valence-corrected chi connectivity index (χ3v) is 3.27. The molecule has 94 valence electrons. The SMILES string of the molecule is O=C1ON=C(CCl)C1=Cc1cccc2ccccc12. The second-order valence-electron chi connectivity index (χ2n) is 4.18. The van der Waals surface area contributed by atoms with Crippen LogP contribution in [0.5, 0.6) is 0 Å². The van der Waals surface area contributed by atoms with E-state index in [4.69, 9.17) is 11.6 Å². The molecule has 0 radical (unpaired) electrons. The standard InChI is InChI=1S/C15H10ClNO2/c16-9-14-13(15(18)19-17-14)8-11-6-3-5-10-4-1-2-7-12(10)11/h1-8H,9H2. The van der Waals surface area contributed by atoms with Crippen LogP contribution in [0.15, 0.2) is 53.2 Å². The largest absolute Gasteiger partial charge is 0.367 e. The van der Waals surface area contributed by atoms with Gasteiger partial charge in [0.2, 0.25) is 0 Å². The average Bonchev–Trinajstić information content (AvgIpc) is 2.80. The van der Waals surface area contributed by atoms with E-state index in [1.165, 1.54) is 0 Å². The molecule has 0 aliphatic carbocycles. The number of nitrogens with zero attached hydrogens (tertiary/aromatic N) is 1. The van der Waals surface area contributed by atoms with Gasteiger partial charge in [-0.15, -0.1) is 11.6 Å². The fourth-order valence-corrected chi connectivity index (χ4v) is 2.28. The normalized spacial score (nSPS) is 16.8. The third kappa shape index (κ3) is 2.13. The molecule has 2 aromatic rings. The van der Waals surface area contributed by atoms with E-state index in [2.05, 4.69) is 9.99 Å². The van der Waals surface area contributed by atoms with Crippen LogP contribution in [0.2, 0.25) is 0 Å².